The zero-order valence-corrected chi connectivity index (χ0v) is 23.4. The number of unbranched alkanes of at least 4 members (excludes halogenated alkanes) is 1. The highest BCUT2D eigenvalue weighted by Crippen LogP contribution is 2.41. The van der Waals surface area contributed by atoms with Gasteiger partial charge in [-0.05, 0) is 99.3 Å². The van der Waals surface area contributed by atoms with E-state index in [1.54, 1.807) is 24.3 Å². The van der Waals surface area contributed by atoms with Crippen LogP contribution in [0.15, 0.2) is 43.0 Å². The van der Waals surface area contributed by atoms with Crippen molar-refractivity contribution in [3.05, 3.63) is 71.6 Å². The molecule has 2 aliphatic rings. The smallest absolute Gasteiger partial charge is 0.314 e. The molecule has 2 saturated carbocycles. The predicted octanol–water partition coefficient (Wildman–Crippen LogP) is 8.78. The second kappa shape index (κ2) is 14.7. The third kappa shape index (κ3) is 7.68. The average Bonchev–Trinajstić information content (AvgIpc) is 2.97. The largest absolute Gasteiger partial charge is 0.493 e. The fourth-order valence-corrected chi connectivity index (χ4v) is 5.89. The molecule has 0 atom stereocenters. The Morgan fingerprint density at radius 3 is 2.10 bits per heavy atom. The van der Waals surface area contributed by atoms with E-state index < -0.39 is 29.3 Å². The molecule has 0 radical (unpaired) electrons. The van der Waals surface area contributed by atoms with Gasteiger partial charge in [-0.1, -0.05) is 31.6 Å². The zero-order chi connectivity index (χ0) is 28.5. The number of benzene rings is 2. The van der Waals surface area contributed by atoms with Crippen LogP contribution in [0.25, 0.3) is 0 Å². The van der Waals surface area contributed by atoms with Crippen LogP contribution in [0.4, 0.5) is 13.2 Å². The summed E-state index contributed by atoms with van der Waals surface area (Å²) in [6, 6.07) is 7.61. The Labute approximate surface area is 235 Å². The van der Waals surface area contributed by atoms with Crippen molar-refractivity contribution in [3.63, 3.8) is 0 Å². The van der Waals surface area contributed by atoms with Gasteiger partial charge in [0.1, 0.15) is 5.75 Å². The fraction of sp³-hybridized carbons (Fsp3) is 0.545. The summed E-state index contributed by atoms with van der Waals surface area (Å²) < 4.78 is 61.6. The van der Waals surface area contributed by atoms with Crippen LogP contribution >= 0.6 is 0 Å². The van der Waals surface area contributed by atoms with Crippen LogP contribution in [-0.2, 0) is 9.53 Å². The van der Waals surface area contributed by atoms with Crippen molar-refractivity contribution in [3.8, 4) is 11.5 Å². The van der Waals surface area contributed by atoms with Crippen molar-refractivity contribution in [1.29, 1.82) is 0 Å². The van der Waals surface area contributed by atoms with Gasteiger partial charge in [-0.2, -0.15) is 0 Å². The summed E-state index contributed by atoms with van der Waals surface area (Å²) >= 11 is 0. The first-order valence-corrected chi connectivity index (χ1v) is 14.8. The van der Waals surface area contributed by atoms with Crippen molar-refractivity contribution in [2.24, 2.45) is 5.92 Å². The number of hydrogen-bond acceptors (Lipinski definition) is 4. The molecule has 0 aromatic heterocycles. The number of carbonyl (C=O) groups excluding carboxylic acids is 1. The Hall–Kier alpha value is -2.80. The summed E-state index contributed by atoms with van der Waals surface area (Å²) in [5, 5.41) is 0. The summed E-state index contributed by atoms with van der Waals surface area (Å²) in [5.41, 5.74) is 0.840. The minimum atomic E-state index is -0.762. The Kier molecular flexibility index (Phi) is 11.1. The molecule has 40 heavy (non-hydrogen) atoms. The van der Waals surface area contributed by atoms with Crippen molar-refractivity contribution < 1.29 is 32.2 Å². The Bertz CT molecular complexity index is 1130. The monoisotopic (exact) mass is 558 g/mol. The summed E-state index contributed by atoms with van der Waals surface area (Å²) in [7, 11) is 0. The molecule has 2 fully saturated rings. The highest BCUT2D eigenvalue weighted by atomic mass is 19.2. The van der Waals surface area contributed by atoms with E-state index in [1.807, 2.05) is 0 Å². The Morgan fingerprint density at radius 1 is 0.900 bits per heavy atom. The summed E-state index contributed by atoms with van der Waals surface area (Å²) in [6.07, 6.45) is 10.0. The maximum atomic E-state index is 15.3. The molecule has 4 rings (SSSR count). The Balaban J connectivity index is 1.29. The summed E-state index contributed by atoms with van der Waals surface area (Å²) in [6.45, 7) is 6.89. The van der Waals surface area contributed by atoms with Gasteiger partial charge >= 0.3 is 5.97 Å². The van der Waals surface area contributed by atoms with Crippen LogP contribution in [0.5, 0.6) is 11.5 Å². The highest BCUT2D eigenvalue weighted by molar-refractivity contribution is 5.75. The van der Waals surface area contributed by atoms with Gasteiger partial charge in [0.25, 0.3) is 0 Å². The van der Waals surface area contributed by atoms with Crippen LogP contribution in [0.2, 0.25) is 0 Å². The number of rotatable bonds is 12. The SMILES string of the molecule is C=CCCOc1ccc(OC(=O)C2CCC(c3ccc(C4CCC(OCCCC)CC4)c(F)c3F)CC2)c(F)c1. The molecule has 0 saturated heterocycles. The van der Waals surface area contributed by atoms with Gasteiger partial charge < -0.3 is 14.2 Å². The van der Waals surface area contributed by atoms with E-state index in [4.69, 9.17) is 14.2 Å². The fourth-order valence-electron chi connectivity index (χ4n) is 5.89. The molecule has 2 aliphatic carbocycles. The van der Waals surface area contributed by atoms with Crippen molar-refractivity contribution >= 4 is 5.97 Å². The molecular formula is C33H41F3O4. The van der Waals surface area contributed by atoms with E-state index >= 15 is 8.78 Å². The van der Waals surface area contributed by atoms with E-state index in [9.17, 15) is 9.18 Å². The molecule has 218 valence electrons. The van der Waals surface area contributed by atoms with Crippen LogP contribution in [0, 0.1) is 23.4 Å². The number of carbonyl (C=O) groups is 1. The van der Waals surface area contributed by atoms with E-state index in [-0.39, 0.29) is 23.7 Å². The molecule has 4 nitrogen and oxygen atoms in total. The third-order valence-electron chi connectivity index (χ3n) is 8.31. The van der Waals surface area contributed by atoms with Gasteiger partial charge in [0, 0.05) is 12.7 Å². The van der Waals surface area contributed by atoms with E-state index in [1.165, 1.54) is 12.1 Å². The van der Waals surface area contributed by atoms with E-state index in [2.05, 4.69) is 13.5 Å². The van der Waals surface area contributed by atoms with E-state index in [0.29, 0.717) is 55.6 Å². The lowest BCUT2D eigenvalue weighted by molar-refractivity contribution is -0.140. The molecule has 0 N–H and O–H groups in total. The molecule has 7 heteroatoms. The minimum absolute atomic E-state index is 0.00764. The van der Waals surface area contributed by atoms with Gasteiger partial charge in [-0.3, -0.25) is 4.79 Å². The number of esters is 1. The quantitative estimate of drug-likeness (QED) is 0.113. The first kappa shape index (κ1) is 30.2. The van der Waals surface area contributed by atoms with Crippen molar-refractivity contribution in [2.75, 3.05) is 13.2 Å². The van der Waals surface area contributed by atoms with Crippen molar-refractivity contribution in [2.45, 2.75) is 95.5 Å². The Morgan fingerprint density at radius 2 is 1.52 bits per heavy atom. The molecular weight excluding hydrogens is 517 g/mol. The molecule has 2 aromatic rings. The standard InChI is InChI=1S/C33H41F3O4/c1-3-5-19-38-25-13-11-23(12-14-25)28-17-16-27(31(35)32(28)36)22-7-9-24(10-8-22)33(37)40-30-18-15-26(21-29(30)34)39-20-6-4-2/h4,15-18,21-25H,2-3,5-14,19-20H2,1H3. The van der Waals surface area contributed by atoms with E-state index in [0.717, 1.165) is 45.1 Å². The third-order valence-corrected chi connectivity index (χ3v) is 8.31. The molecule has 0 bridgehead atoms. The minimum Gasteiger partial charge on any atom is -0.493 e. The van der Waals surface area contributed by atoms with Crippen molar-refractivity contribution in [1.82, 2.24) is 0 Å². The summed E-state index contributed by atoms with van der Waals surface area (Å²) in [4.78, 5) is 12.7. The maximum Gasteiger partial charge on any atom is 0.314 e. The van der Waals surface area contributed by atoms with Crippen LogP contribution in [0.1, 0.15) is 101 Å². The molecule has 0 aliphatic heterocycles. The molecule has 0 heterocycles. The van der Waals surface area contributed by atoms with Gasteiger partial charge in [-0.25, -0.2) is 13.2 Å². The molecule has 0 unspecified atom stereocenters. The highest BCUT2D eigenvalue weighted by Gasteiger charge is 2.32. The molecule has 2 aromatic carbocycles. The first-order chi connectivity index (χ1) is 19.4. The molecule has 0 spiro atoms. The van der Waals surface area contributed by atoms with Crippen LogP contribution < -0.4 is 9.47 Å². The number of hydrogen-bond donors (Lipinski definition) is 0. The molecule has 0 amide bonds. The first-order valence-electron chi connectivity index (χ1n) is 14.8. The van der Waals surface area contributed by atoms with Crippen LogP contribution in [-0.4, -0.2) is 25.3 Å². The number of ether oxygens (including phenoxy) is 3. The average molecular weight is 559 g/mol. The summed E-state index contributed by atoms with van der Waals surface area (Å²) in [5.74, 6) is -3.04. The van der Waals surface area contributed by atoms with Gasteiger partial charge in [0.15, 0.2) is 23.2 Å². The normalized spacial score (nSPS) is 23.0. The maximum absolute atomic E-state index is 15.3. The van der Waals surface area contributed by atoms with Crippen LogP contribution in [0.3, 0.4) is 0 Å². The van der Waals surface area contributed by atoms with Gasteiger partial charge in [0.05, 0.1) is 18.6 Å². The lowest BCUT2D eigenvalue weighted by Crippen LogP contribution is -2.26. The van der Waals surface area contributed by atoms with Gasteiger partial charge in [0.2, 0.25) is 0 Å². The lowest BCUT2D eigenvalue weighted by Gasteiger charge is -2.30. The zero-order valence-electron chi connectivity index (χ0n) is 23.4. The van der Waals surface area contributed by atoms with Gasteiger partial charge in [-0.15, -0.1) is 6.58 Å². The second-order valence-electron chi connectivity index (χ2n) is 11.1. The number of halogens is 3. The lowest BCUT2D eigenvalue weighted by atomic mass is 9.77. The second-order valence-corrected chi connectivity index (χ2v) is 11.1. The topological polar surface area (TPSA) is 44.8 Å². The predicted molar refractivity (Wildman–Crippen MR) is 149 cm³/mol.